The maximum atomic E-state index is 13.5. The number of carboxylic acids is 1. The van der Waals surface area contributed by atoms with E-state index in [1.807, 2.05) is 13.8 Å². The molecular weight excluding hydrogens is 284 g/mol. The molecule has 7 heteroatoms. The number of carboxylic acid groups (broad SMARTS) is 1. The molecule has 21 heavy (non-hydrogen) atoms. The molecule has 1 unspecified atom stereocenters. The fraction of sp³-hybridized carbons (Fsp3) is 0.429. The van der Waals surface area contributed by atoms with Crippen LogP contribution < -0.4 is 10.1 Å². The Balaban J connectivity index is 2.67. The van der Waals surface area contributed by atoms with Crippen molar-refractivity contribution in [2.45, 2.75) is 32.7 Å². The van der Waals surface area contributed by atoms with Crippen LogP contribution in [0.4, 0.5) is 8.78 Å². The summed E-state index contributed by atoms with van der Waals surface area (Å²) in [6.45, 7) is 3.23. The zero-order valence-electron chi connectivity index (χ0n) is 11.8. The first-order chi connectivity index (χ1) is 9.85. The fourth-order valence-electron chi connectivity index (χ4n) is 1.78. The second-order valence-electron chi connectivity index (χ2n) is 4.62. The van der Waals surface area contributed by atoms with Crippen LogP contribution in [-0.4, -0.2) is 29.6 Å². The van der Waals surface area contributed by atoms with Crippen molar-refractivity contribution >= 4 is 11.9 Å². The lowest BCUT2D eigenvalue weighted by molar-refractivity contribution is -0.123. The topological polar surface area (TPSA) is 75.6 Å². The Morgan fingerprint density at radius 2 is 1.90 bits per heavy atom. The third kappa shape index (κ3) is 5.02. The van der Waals surface area contributed by atoms with Gasteiger partial charge in [-0.05, 0) is 25.5 Å². The molecule has 0 bridgehead atoms. The maximum absolute atomic E-state index is 13.5. The van der Waals surface area contributed by atoms with Gasteiger partial charge in [-0.1, -0.05) is 13.3 Å². The quantitative estimate of drug-likeness (QED) is 0.810. The molecule has 0 fully saturated rings. The molecule has 0 heterocycles. The maximum Gasteiger partial charge on any atom is 0.335 e. The van der Waals surface area contributed by atoms with Crippen molar-refractivity contribution < 1.29 is 28.2 Å². The normalized spacial score (nSPS) is 11.8. The van der Waals surface area contributed by atoms with E-state index in [-0.39, 0.29) is 6.04 Å². The number of rotatable bonds is 7. The number of halogens is 2. The van der Waals surface area contributed by atoms with Gasteiger partial charge in [0.1, 0.15) is 0 Å². The smallest absolute Gasteiger partial charge is 0.335 e. The Kier molecular flexibility index (Phi) is 6.08. The van der Waals surface area contributed by atoms with Gasteiger partial charge in [0.25, 0.3) is 5.91 Å². The summed E-state index contributed by atoms with van der Waals surface area (Å²) < 4.78 is 31.9. The van der Waals surface area contributed by atoms with Gasteiger partial charge in [0, 0.05) is 6.04 Å². The summed E-state index contributed by atoms with van der Waals surface area (Å²) in [6.07, 6.45) is 1.67. The average Bonchev–Trinajstić information content (AvgIpc) is 2.37. The Morgan fingerprint density at radius 3 is 2.38 bits per heavy atom. The first-order valence-corrected chi connectivity index (χ1v) is 6.49. The average molecular weight is 301 g/mol. The van der Waals surface area contributed by atoms with Gasteiger partial charge in [0.05, 0.1) is 5.56 Å². The molecule has 116 valence electrons. The van der Waals surface area contributed by atoms with E-state index in [1.165, 1.54) is 0 Å². The molecule has 1 rings (SSSR count). The molecule has 0 aliphatic carbocycles. The Labute approximate surface area is 120 Å². The summed E-state index contributed by atoms with van der Waals surface area (Å²) in [5.74, 6) is -5.05. The molecular formula is C14H17F2NO4. The molecule has 2 N–H and O–H groups in total. The van der Waals surface area contributed by atoms with Crippen molar-refractivity contribution in [2.75, 3.05) is 6.61 Å². The van der Waals surface area contributed by atoms with E-state index in [0.29, 0.717) is 12.1 Å². The molecule has 0 aliphatic heterocycles. The highest BCUT2D eigenvalue weighted by atomic mass is 19.1. The summed E-state index contributed by atoms with van der Waals surface area (Å²) >= 11 is 0. The van der Waals surface area contributed by atoms with Crippen LogP contribution in [0.3, 0.4) is 0 Å². The number of benzene rings is 1. The first-order valence-electron chi connectivity index (χ1n) is 6.49. The number of nitrogens with one attached hydrogen (secondary N) is 1. The van der Waals surface area contributed by atoms with Crippen molar-refractivity contribution in [2.24, 2.45) is 0 Å². The Bertz CT molecular complexity index is 511. The van der Waals surface area contributed by atoms with Gasteiger partial charge in [0.15, 0.2) is 24.0 Å². The number of carbonyl (C=O) groups excluding carboxylic acids is 1. The van der Waals surface area contributed by atoms with Crippen LogP contribution in [0.1, 0.15) is 37.0 Å². The molecule has 0 saturated heterocycles. The number of hydrogen-bond donors (Lipinski definition) is 2. The van der Waals surface area contributed by atoms with Crippen LogP contribution in [0.5, 0.6) is 5.75 Å². The van der Waals surface area contributed by atoms with Crippen LogP contribution in [0.25, 0.3) is 0 Å². The molecule has 1 aromatic rings. The van der Waals surface area contributed by atoms with Crippen LogP contribution in [0, 0.1) is 11.6 Å². The molecule has 0 saturated carbocycles. The fourth-order valence-corrected chi connectivity index (χ4v) is 1.78. The van der Waals surface area contributed by atoms with E-state index in [0.717, 1.165) is 12.8 Å². The predicted octanol–water partition coefficient (Wildman–Crippen LogP) is 2.35. The number of aromatic carboxylic acids is 1. The number of ether oxygens (including phenoxy) is 1. The summed E-state index contributed by atoms with van der Waals surface area (Å²) in [4.78, 5) is 22.2. The zero-order valence-corrected chi connectivity index (χ0v) is 11.8. The Hall–Kier alpha value is -2.18. The highest BCUT2D eigenvalue weighted by Gasteiger charge is 2.17. The molecule has 1 aromatic carbocycles. The summed E-state index contributed by atoms with van der Waals surface area (Å²) in [6, 6.07) is 1.21. The second-order valence-corrected chi connectivity index (χ2v) is 4.62. The van der Waals surface area contributed by atoms with Crippen LogP contribution in [-0.2, 0) is 4.79 Å². The van der Waals surface area contributed by atoms with Crippen LogP contribution >= 0.6 is 0 Å². The molecule has 0 spiro atoms. The summed E-state index contributed by atoms with van der Waals surface area (Å²) in [5.41, 5.74) is -0.529. The third-order valence-electron chi connectivity index (χ3n) is 2.72. The lowest BCUT2D eigenvalue weighted by Gasteiger charge is -2.13. The van der Waals surface area contributed by atoms with Gasteiger partial charge < -0.3 is 15.2 Å². The van der Waals surface area contributed by atoms with E-state index in [2.05, 4.69) is 5.32 Å². The molecule has 5 nitrogen and oxygen atoms in total. The molecule has 1 amide bonds. The standard InChI is InChI=1S/C14H17F2NO4/c1-3-4-8(2)17-12(18)7-21-13-10(15)5-9(14(19)20)6-11(13)16/h5-6,8H,3-4,7H2,1-2H3,(H,17,18)(H,19,20). The molecule has 1 atom stereocenters. The van der Waals surface area contributed by atoms with Gasteiger partial charge in [-0.15, -0.1) is 0 Å². The first kappa shape index (κ1) is 16.9. The minimum absolute atomic E-state index is 0.0600. The highest BCUT2D eigenvalue weighted by molar-refractivity contribution is 5.87. The van der Waals surface area contributed by atoms with E-state index < -0.39 is 41.4 Å². The SMILES string of the molecule is CCCC(C)NC(=O)COc1c(F)cc(C(=O)O)cc1F. The van der Waals surface area contributed by atoms with E-state index >= 15 is 0 Å². The van der Waals surface area contributed by atoms with Crippen LogP contribution in [0.15, 0.2) is 12.1 Å². The lowest BCUT2D eigenvalue weighted by atomic mass is 10.2. The predicted molar refractivity (Wildman–Crippen MR) is 71.3 cm³/mol. The van der Waals surface area contributed by atoms with Gasteiger partial charge in [-0.3, -0.25) is 4.79 Å². The summed E-state index contributed by atoms with van der Waals surface area (Å²) in [5, 5.41) is 11.3. The monoisotopic (exact) mass is 301 g/mol. The molecule has 0 aliphatic rings. The number of hydrogen-bond acceptors (Lipinski definition) is 3. The number of carbonyl (C=O) groups is 2. The second kappa shape index (κ2) is 7.56. The van der Waals surface area contributed by atoms with Gasteiger partial charge in [-0.2, -0.15) is 0 Å². The van der Waals surface area contributed by atoms with Crippen LogP contribution in [0.2, 0.25) is 0 Å². The lowest BCUT2D eigenvalue weighted by Crippen LogP contribution is -2.36. The van der Waals surface area contributed by atoms with Crippen molar-refractivity contribution in [1.29, 1.82) is 0 Å². The van der Waals surface area contributed by atoms with Gasteiger partial charge in [-0.25, -0.2) is 13.6 Å². The van der Waals surface area contributed by atoms with E-state index in [1.54, 1.807) is 0 Å². The van der Waals surface area contributed by atoms with Gasteiger partial charge in [0.2, 0.25) is 0 Å². The third-order valence-corrected chi connectivity index (χ3v) is 2.72. The largest absolute Gasteiger partial charge is 0.478 e. The van der Waals surface area contributed by atoms with E-state index in [4.69, 9.17) is 9.84 Å². The zero-order chi connectivity index (χ0) is 16.0. The van der Waals surface area contributed by atoms with Crippen molar-refractivity contribution in [1.82, 2.24) is 5.32 Å². The summed E-state index contributed by atoms with van der Waals surface area (Å²) in [7, 11) is 0. The van der Waals surface area contributed by atoms with Crippen molar-refractivity contribution in [3.05, 3.63) is 29.3 Å². The highest BCUT2D eigenvalue weighted by Crippen LogP contribution is 2.23. The van der Waals surface area contributed by atoms with Gasteiger partial charge >= 0.3 is 5.97 Å². The number of amides is 1. The van der Waals surface area contributed by atoms with Crippen molar-refractivity contribution in [3.8, 4) is 5.75 Å². The Morgan fingerprint density at radius 1 is 1.33 bits per heavy atom. The van der Waals surface area contributed by atoms with Crippen molar-refractivity contribution in [3.63, 3.8) is 0 Å². The minimum atomic E-state index is -1.45. The van der Waals surface area contributed by atoms with E-state index in [9.17, 15) is 18.4 Å². The molecule has 0 aromatic heterocycles. The molecule has 0 radical (unpaired) electrons. The minimum Gasteiger partial charge on any atom is -0.478 e.